The first kappa shape index (κ1) is 11.4. The van der Waals surface area contributed by atoms with E-state index in [0.29, 0.717) is 18.7 Å². The number of hydrogen-bond acceptors (Lipinski definition) is 2. The van der Waals surface area contributed by atoms with E-state index < -0.39 is 0 Å². The Labute approximate surface area is 103 Å². The molecule has 0 aromatic heterocycles. The number of nitrogens with zero attached hydrogens (tertiary/aromatic N) is 1. The van der Waals surface area contributed by atoms with Crippen LogP contribution in [-0.4, -0.2) is 6.54 Å². The third-order valence-corrected chi connectivity index (χ3v) is 3.67. The molecule has 0 atom stereocenters. The van der Waals surface area contributed by atoms with Gasteiger partial charge >= 0.3 is 0 Å². The molecule has 0 heterocycles. The van der Waals surface area contributed by atoms with Gasteiger partial charge in [0.1, 0.15) is 5.82 Å². The van der Waals surface area contributed by atoms with Gasteiger partial charge in [0, 0.05) is 22.9 Å². The number of benzene rings is 1. The summed E-state index contributed by atoms with van der Waals surface area (Å²) in [7, 11) is 0. The topological polar surface area (TPSA) is 35.8 Å². The number of nitriles is 1. The van der Waals surface area contributed by atoms with Crippen molar-refractivity contribution < 1.29 is 4.39 Å². The van der Waals surface area contributed by atoms with E-state index in [9.17, 15) is 4.39 Å². The SMILES string of the molecule is N#CCC1(CNc2c(F)cccc2Br)CC1. The van der Waals surface area contributed by atoms with E-state index in [0.717, 1.165) is 17.3 Å². The normalized spacial score (nSPS) is 16.6. The standard InChI is InChI=1S/C12H12BrFN2/c13-9-2-1-3-10(14)11(9)16-8-12(4-5-12)6-7-15/h1-3,16H,4-6,8H2. The second-order valence-electron chi connectivity index (χ2n) is 4.29. The smallest absolute Gasteiger partial charge is 0.147 e. The summed E-state index contributed by atoms with van der Waals surface area (Å²) in [6.07, 6.45) is 2.66. The van der Waals surface area contributed by atoms with Crippen molar-refractivity contribution in [2.45, 2.75) is 19.3 Å². The van der Waals surface area contributed by atoms with Gasteiger partial charge in [-0.25, -0.2) is 4.39 Å². The summed E-state index contributed by atoms with van der Waals surface area (Å²) in [5, 5.41) is 11.8. The fraction of sp³-hybridized carbons (Fsp3) is 0.417. The van der Waals surface area contributed by atoms with Crippen molar-refractivity contribution in [1.82, 2.24) is 0 Å². The molecule has 84 valence electrons. The van der Waals surface area contributed by atoms with E-state index in [-0.39, 0.29) is 11.2 Å². The van der Waals surface area contributed by atoms with Gasteiger partial charge in [-0.15, -0.1) is 0 Å². The third-order valence-electron chi connectivity index (χ3n) is 3.01. The zero-order chi connectivity index (χ0) is 11.6. The predicted octanol–water partition coefficient (Wildman–Crippen LogP) is 3.69. The summed E-state index contributed by atoms with van der Waals surface area (Å²) >= 11 is 3.31. The van der Waals surface area contributed by atoms with Crippen LogP contribution in [0, 0.1) is 22.6 Å². The first-order chi connectivity index (χ1) is 7.67. The van der Waals surface area contributed by atoms with Crippen molar-refractivity contribution in [3.05, 3.63) is 28.5 Å². The highest BCUT2D eigenvalue weighted by molar-refractivity contribution is 9.10. The Morgan fingerprint density at radius 2 is 2.25 bits per heavy atom. The Bertz CT molecular complexity index is 415. The average Bonchev–Trinajstić information content (AvgIpc) is 2.98. The highest BCUT2D eigenvalue weighted by Gasteiger charge is 2.42. The van der Waals surface area contributed by atoms with Gasteiger partial charge in [-0.2, -0.15) is 5.26 Å². The molecule has 2 nitrogen and oxygen atoms in total. The van der Waals surface area contributed by atoms with Gasteiger partial charge in [-0.1, -0.05) is 6.07 Å². The number of rotatable bonds is 4. The van der Waals surface area contributed by atoms with Crippen LogP contribution >= 0.6 is 15.9 Å². The van der Waals surface area contributed by atoms with Crippen LogP contribution in [0.25, 0.3) is 0 Å². The van der Waals surface area contributed by atoms with Crippen LogP contribution in [0.3, 0.4) is 0 Å². The monoisotopic (exact) mass is 282 g/mol. The molecule has 1 aliphatic rings. The molecule has 16 heavy (non-hydrogen) atoms. The molecule has 1 aromatic carbocycles. The van der Waals surface area contributed by atoms with E-state index in [1.54, 1.807) is 12.1 Å². The fourth-order valence-electron chi connectivity index (χ4n) is 1.70. The van der Waals surface area contributed by atoms with Crippen LogP contribution in [0.1, 0.15) is 19.3 Å². The van der Waals surface area contributed by atoms with Crippen molar-refractivity contribution >= 4 is 21.6 Å². The van der Waals surface area contributed by atoms with Gasteiger partial charge in [0.15, 0.2) is 0 Å². The zero-order valence-electron chi connectivity index (χ0n) is 8.76. The molecule has 1 aliphatic carbocycles. The second kappa shape index (κ2) is 4.42. The maximum atomic E-state index is 13.5. The van der Waals surface area contributed by atoms with Crippen LogP contribution in [0.2, 0.25) is 0 Å². The molecule has 4 heteroatoms. The van der Waals surface area contributed by atoms with Crippen molar-refractivity contribution in [1.29, 1.82) is 5.26 Å². The predicted molar refractivity (Wildman–Crippen MR) is 64.5 cm³/mol. The maximum absolute atomic E-state index is 13.5. The van der Waals surface area contributed by atoms with Gasteiger partial charge in [0.25, 0.3) is 0 Å². The molecular formula is C12H12BrFN2. The van der Waals surface area contributed by atoms with E-state index >= 15 is 0 Å². The van der Waals surface area contributed by atoms with Crippen LogP contribution in [0.15, 0.2) is 22.7 Å². The Kier molecular flexibility index (Phi) is 3.15. The summed E-state index contributed by atoms with van der Waals surface area (Å²) in [6, 6.07) is 7.08. The molecule has 1 N–H and O–H groups in total. The van der Waals surface area contributed by atoms with Crippen molar-refractivity contribution in [2.75, 3.05) is 11.9 Å². The lowest BCUT2D eigenvalue weighted by Crippen LogP contribution is -2.15. The molecule has 0 radical (unpaired) electrons. The summed E-state index contributed by atoms with van der Waals surface area (Å²) in [4.78, 5) is 0. The number of hydrogen-bond donors (Lipinski definition) is 1. The van der Waals surface area contributed by atoms with Gasteiger partial charge in [-0.05, 0) is 40.9 Å². The zero-order valence-corrected chi connectivity index (χ0v) is 10.3. The summed E-state index contributed by atoms with van der Waals surface area (Å²) in [5.74, 6) is -0.262. The van der Waals surface area contributed by atoms with Gasteiger partial charge in [0.05, 0.1) is 11.8 Å². The largest absolute Gasteiger partial charge is 0.381 e. The minimum atomic E-state index is -0.262. The second-order valence-corrected chi connectivity index (χ2v) is 5.14. The molecule has 1 saturated carbocycles. The number of anilines is 1. The van der Waals surface area contributed by atoms with Gasteiger partial charge < -0.3 is 5.32 Å². The summed E-state index contributed by atoms with van der Waals surface area (Å²) < 4.78 is 14.2. The molecule has 0 unspecified atom stereocenters. The van der Waals surface area contributed by atoms with Crippen molar-refractivity contribution in [3.8, 4) is 6.07 Å². The van der Waals surface area contributed by atoms with E-state index in [2.05, 4.69) is 27.3 Å². The molecule has 0 bridgehead atoms. The Balaban J connectivity index is 2.03. The molecule has 2 rings (SSSR count). The lowest BCUT2D eigenvalue weighted by atomic mass is 10.0. The molecular weight excluding hydrogens is 271 g/mol. The Morgan fingerprint density at radius 1 is 1.50 bits per heavy atom. The van der Waals surface area contributed by atoms with E-state index in [1.165, 1.54) is 6.07 Å². The van der Waals surface area contributed by atoms with Gasteiger partial charge in [0.2, 0.25) is 0 Å². The molecule has 1 fully saturated rings. The number of nitrogens with one attached hydrogen (secondary N) is 1. The first-order valence-electron chi connectivity index (χ1n) is 5.22. The van der Waals surface area contributed by atoms with Crippen molar-refractivity contribution in [2.24, 2.45) is 5.41 Å². The Hall–Kier alpha value is -1.08. The Morgan fingerprint density at radius 3 is 2.81 bits per heavy atom. The van der Waals surface area contributed by atoms with Crippen molar-refractivity contribution in [3.63, 3.8) is 0 Å². The van der Waals surface area contributed by atoms with E-state index in [4.69, 9.17) is 5.26 Å². The first-order valence-corrected chi connectivity index (χ1v) is 6.01. The lowest BCUT2D eigenvalue weighted by Gasteiger charge is -2.15. The van der Waals surface area contributed by atoms with Crippen LogP contribution in [0.5, 0.6) is 0 Å². The molecule has 0 saturated heterocycles. The average molecular weight is 283 g/mol. The van der Waals surface area contributed by atoms with Crippen LogP contribution in [0.4, 0.5) is 10.1 Å². The highest BCUT2D eigenvalue weighted by Crippen LogP contribution is 2.48. The summed E-state index contributed by atoms with van der Waals surface area (Å²) in [6.45, 7) is 0.667. The minimum Gasteiger partial charge on any atom is -0.381 e. The van der Waals surface area contributed by atoms with Crippen LogP contribution < -0.4 is 5.32 Å². The summed E-state index contributed by atoms with van der Waals surface area (Å²) in [5.41, 5.74) is 0.572. The number of para-hydroxylation sites is 1. The molecule has 0 spiro atoms. The molecule has 0 aliphatic heterocycles. The lowest BCUT2D eigenvalue weighted by molar-refractivity contribution is 0.552. The minimum absolute atomic E-state index is 0.0798. The molecule has 0 amide bonds. The van der Waals surface area contributed by atoms with Gasteiger partial charge in [-0.3, -0.25) is 0 Å². The van der Waals surface area contributed by atoms with E-state index in [1.807, 2.05) is 0 Å². The molecule has 1 aromatic rings. The third kappa shape index (κ3) is 2.35. The quantitative estimate of drug-likeness (QED) is 0.914. The highest BCUT2D eigenvalue weighted by atomic mass is 79.9. The fourth-order valence-corrected chi connectivity index (χ4v) is 2.19. The van der Waals surface area contributed by atoms with Crippen LogP contribution in [-0.2, 0) is 0 Å². The number of halogens is 2. The maximum Gasteiger partial charge on any atom is 0.147 e.